The molecule has 0 radical (unpaired) electrons. The molecule has 0 aromatic rings. The SMILES string of the molecule is CNS(=O)(=O)N1CCC(C)CC1C. The van der Waals surface area contributed by atoms with Crippen LogP contribution >= 0.6 is 0 Å². The van der Waals surface area contributed by atoms with Crippen LogP contribution in [0.25, 0.3) is 0 Å². The molecule has 78 valence electrons. The van der Waals surface area contributed by atoms with E-state index < -0.39 is 10.2 Å². The summed E-state index contributed by atoms with van der Waals surface area (Å²) in [5.41, 5.74) is 0. The lowest BCUT2D eigenvalue weighted by Crippen LogP contribution is -2.48. The van der Waals surface area contributed by atoms with Crippen molar-refractivity contribution in [1.82, 2.24) is 9.03 Å². The summed E-state index contributed by atoms with van der Waals surface area (Å²) in [5, 5.41) is 0. The predicted octanol–water partition coefficient (Wildman–Crippen LogP) is 0.571. The molecule has 1 fully saturated rings. The summed E-state index contributed by atoms with van der Waals surface area (Å²) >= 11 is 0. The Morgan fingerprint density at radius 1 is 1.38 bits per heavy atom. The highest BCUT2D eigenvalue weighted by atomic mass is 32.2. The van der Waals surface area contributed by atoms with Crippen LogP contribution in [-0.4, -0.2) is 32.4 Å². The summed E-state index contributed by atoms with van der Waals surface area (Å²) in [7, 11) is -1.75. The van der Waals surface area contributed by atoms with Gasteiger partial charge in [0.05, 0.1) is 0 Å². The highest BCUT2D eigenvalue weighted by Gasteiger charge is 2.30. The van der Waals surface area contributed by atoms with Crippen molar-refractivity contribution in [2.24, 2.45) is 5.92 Å². The van der Waals surface area contributed by atoms with Crippen LogP contribution in [0.15, 0.2) is 0 Å². The van der Waals surface area contributed by atoms with E-state index in [1.165, 1.54) is 7.05 Å². The van der Waals surface area contributed by atoms with E-state index in [1.54, 1.807) is 4.31 Å². The van der Waals surface area contributed by atoms with Crippen molar-refractivity contribution >= 4 is 10.2 Å². The Kier molecular flexibility index (Phi) is 3.32. The second-order valence-corrected chi connectivity index (χ2v) is 5.63. The van der Waals surface area contributed by atoms with Gasteiger partial charge in [-0.25, -0.2) is 4.72 Å². The zero-order chi connectivity index (χ0) is 10.1. The van der Waals surface area contributed by atoms with E-state index in [2.05, 4.69) is 11.6 Å². The number of hydrogen-bond acceptors (Lipinski definition) is 2. The molecule has 1 aliphatic rings. The Morgan fingerprint density at radius 3 is 2.46 bits per heavy atom. The van der Waals surface area contributed by atoms with Gasteiger partial charge >= 0.3 is 0 Å². The number of piperidine rings is 1. The molecule has 0 bridgehead atoms. The Balaban J connectivity index is 2.72. The summed E-state index contributed by atoms with van der Waals surface area (Å²) in [6.07, 6.45) is 1.92. The van der Waals surface area contributed by atoms with Crippen molar-refractivity contribution in [3.8, 4) is 0 Å². The normalized spacial score (nSPS) is 31.9. The van der Waals surface area contributed by atoms with Gasteiger partial charge in [0.2, 0.25) is 0 Å². The maximum atomic E-state index is 11.5. The second kappa shape index (κ2) is 3.94. The third-order valence-electron chi connectivity index (χ3n) is 2.64. The smallest absolute Gasteiger partial charge is 0.205 e. The minimum absolute atomic E-state index is 0.126. The van der Waals surface area contributed by atoms with E-state index >= 15 is 0 Å². The van der Waals surface area contributed by atoms with E-state index in [0.717, 1.165) is 12.8 Å². The van der Waals surface area contributed by atoms with Gasteiger partial charge in [-0.05, 0) is 25.7 Å². The van der Waals surface area contributed by atoms with Crippen LogP contribution in [0.4, 0.5) is 0 Å². The zero-order valence-corrected chi connectivity index (χ0v) is 9.26. The quantitative estimate of drug-likeness (QED) is 0.718. The Morgan fingerprint density at radius 2 is 2.00 bits per heavy atom. The number of rotatable bonds is 2. The Labute approximate surface area is 80.5 Å². The van der Waals surface area contributed by atoms with Crippen LogP contribution in [0.5, 0.6) is 0 Å². The zero-order valence-electron chi connectivity index (χ0n) is 8.45. The van der Waals surface area contributed by atoms with Crippen molar-refractivity contribution in [3.05, 3.63) is 0 Å². The molecule has 1 N–H and O–H groups in total. The predicted molar refractivity (Wildman–Crippen MR) is 52.5 cm³/mol. The van der Waals surface area contributed by atoms with Gasteiger partial charge in [0.25, 0.3) is 10.2 Å². The lowest BCUT2D eigenvalue weighted by atomic mass is 9.95. The maximum absolute atomic E-state index is 11.5. The van der Waals surface area contributed by atoms with Crippen LogP contribution in [-0.2, 0) is 10.2 Å². The molecular weight excluding hydrogens is 188 g/mol. The molecule has 13 heavy (non-hydrogen) atoms. The molecule has 5 heteroatoms. The fraction of sp³-hybridized carbons (Fsp3) is 1.00. The molecule has 0 saturated carbocycles. The summed E-state index contributed by atoms with van der Waals surface area (Å²) in [6, 6.07) is 0.126. The van der Waals surface area contributed by atoms with Gasteiger partial charge in [0.15, 0.2) is 0 Å². The van der Waals surface area contributed by atoms with Crippen molar-refractivity contribution in [2.75, 3.05) is 13.6 Å². The number of nitrogens with zero attached hydrogens (tertiary/aromatic N) is 1. The van der Waals surface area contributed by atoms with Gasteiger partial charge in [-0.3, -0.25) is 0 Å². The van der Waals surface area contributed by atoms with Crippen molar-refractivity contribution in [2.45, 2.75) is 32.7 Å². The molecule has 1 rings (SSSR count). The van der Waals surface area contributed by atoms with Crippen molar-refractivity contribution in [1.29, 1.82) is 0 Å². The topological polar surface area (TPSA) is 49.4 Å². The first-order valence-corrected chi connectivity index (χ1v) is 6.11. The lowest BCUT2D eigenvalue weighted by Gasteiger charge is -2.34. The standard InChI is InChI=1S/C8H18N2O2S/c1-7-4-5-10(8(2)6-7)13(11,12)9-3/h7-9H,4-6H2,1-3H3. The lowest BCUT2D eigenvalue weighted by molar-refractivity contribution is 0.218. The van der Waals surface area contributed by atoms with Gasteiger partial charge in [-0.2, -0.15) is 12.7 Å². The Bertz CT molecular complexity index is 263. The molecule has 0 aromatic carbocycles. The monoisotopic (exact) mass is 206 g/mol. The molecule has 1 saturated heterocycles. The second-order valence-electron chi connectivity index (χ2n) is 3.80. The largest absolute Gasteiger partial charge is 0.279 e. The van der Waals surface area contributed by atoms with Gasteiger partial charge < -0.3 is 0 Å². The van der Waals surface area contributed by atoms with Crippen LogP contribution in [0.1, 0.15) is 26.7 Å². The highest BCUT2D eigenvalue weighted by molar-refractivity contribution is 7.87. The molecule has 0 amide bonds. The molecule has 1 heterocycles. The molecule has 0 aromatic heterocycles. The highest BCUT2D eigenvalue weighted by Crippen LogP contribution is 2.23. The van der Waals surface area contributed by atoms with Crippen LogP contribution in [0.3, 0.4) is 0 Å². The fourth-order valence-corrected chi connectivity index (χ4v) is 3.00. The van der Waals surface area contributed by atoms with Gasteiger partial charge in [0.1, 0.15) is 0 Å². The first-order valence-electron chi connectivity index (χ1n) is 4.67. The Hall–Kier alpha value is -0.130. The molecule has 0 spiro atoms. The van der Waals surface area contributed by atoms with E-state index in [4.69, 9.17) is 0 Å². The van der Waals surface area contributed by atoms with Crippen molar-refractivity contribution in [3.63, 3.8) is 0 Å². The summed E-state index contributed by atoms with van der Waals surface area (Å²) in [4.78, 5) is 0. The van der Waals surface area contributed by atoms with Crippen LogP contribution < -0.4 is 4.72 Å². The van der Waals surface area contributed by atoms with E-state index in [9.17, 15) is 8.42 Å². The molecular formula is C8H18N2O2S. The van der Waals surface area contributed by atoms with Gasteiger partial charge in [-0.1, -0.05) is 6.92 Å². The van der Waals surface area contributed by atoms with Crippen molar-refractivity contribution < 1.29 is 8.42 Å². The molecule has 4 nitrogen and oxygen atoms in total. The maximum Gasteiger partial charge on any atom is 0.279 e. The molecule has 2 atom stereocenters. The van der Waals surface area contributed by atoms with Crippen LogP contribution in [0.2, 0.25) is 0 Å². The third-order valence-corrected chi connectivity index (χ3v) is 4.32. The van der Waals surface area contributed by atoms with E-state index in [-0.39, 0.29) is 6.04 Å². The summed E-state index contributed by atoms with van der Waals surface area (Å²) in [5.74, 6) is 0.637. The average Bonchev–Trinajstić information content (AvgIpc) is 2.03. The minimum atomic E-state index is -3.21. The third kappa shape index (κ3) is 2.42. The molecule has 0 aliphatic carbocycles. The average molecular weight is 206 g/mol. The fourth-order valence-electron chi connectivity index (χ4n) is 1.86. The summed E-state index contributed by atoms with van der Waals surface area (Å²) in [6.45, 7) is 4.77. The first kappa shape index (κ1) is 10.9. The number of nitrogens with one attached hydrogen (secondary N) is 1. The minimum Gasteiger partial charge on any atom is -0.205 e. The van der Waals surface area contributed by atoms with E-state index in [1.807, 2.05) is 6.92 Å². The number of hydrogen-bond donors (Lipinski definition) is 1. The van der Waals surface area contributed by atoms with Gasteiger partial charge in [0, 0.05) is 19.6 Å². The molecule has 1 aliphatic heterocycles. The van der Waals surface area contributed by atoms with Crippen LogP contribution in [0, 0.1) is 5.92 Å². The van der Waals surface area contributed by atoms with E-state index in [0.29, 0.717) is 12.5 Å². The van der Waals surface area contributed by atoms with Gasteiger partial charge in [-0.15, -0.1) is 0 Å². The molecule has 2 unspecified atom stereocenters. The summed E-state index contributed by atoms with van der Waals surface area (Å²) < 4.78 is 26.9. The first-order chi connectivity index (χ1) is 5.97.